The minimum atomic E-state index is -0.198. The summed E-state index contributed by atoms with van der Waals surface area (Å²) in [4.78, 5) is 16.2. The van der Waals surface area contributed by atoms with Crippen LogP contribution in [0.4, 0.5) is 5.69 Å². The molecule has 0 aliphatic carbocycles. The topological polar surface area (TPSA) is 70.9 Å². The van der Waals surface area contributed by atoms with Gasteiger partial charge in [-0.05, 0) is 43.5 Å². The molecule has 132 valence electrons. The van der Waals surface area contributed by atoms with Crippen molar-refractivity contribution in [3.8, 4) is 11.5 Å². The maximum absolute atomic E-state index is 12.1. The zero-order chi connectivity index (χ0) is 18.2. The van der Waals surface area contributed by atoms with Crippen LogP contribution in [0.1, 0.15) is 30.0 Å². The van der Waals surface area contributed by atoms with Crippen LogP contribution >= 0.6 is 0 Å². The number of nitrogens with one attached hydrogen (secondary N) is 1. The van der Waals surface area contributed by atoms with Gasteiger partial charge in [0.15, 0.2) is 0 Å². The number of aromatic hydroxyl groups is 1. The van der Waals surface area contributed by atoms with Gasteiger partial charge in [-0.2, -0.15) is 0 Å². The number of hydrogen-bond donors (Lipinski definition) is 2. The summed E-state index contributed by atoms with van der Waals surface area (Å²) in [6, 6.07) is 10.9. The summed E-state index contributed by atoms with van der Waals surface area (Å²) in [5.41, 5.74) is 3.39. The molecule has 0 aliphatic heterocycles. The van der Waals surface area contributed by atoms with E-state index in [-0.39, 0.29) is 18.2 Å². The Bertz CT molecular complexity index is 749. The summed E-state index contributed by atoms with van der Waals surface area (Å²) in [6.45, 7) is 6.51. The van der Waals surface area contributed by atoms with E-state index in [9.17, 15) is 9.90 Å². The molecule has 0 radical (unpaired) electrons. The van der Waals surface area contributed by atoms with Crippen molar-refractivity contribution in [2.24, 2.45) is 4.99 Å². The van der Waals surface area contributed by atoms with Gasteiger partial charge in [0.25, 0.3) is 0 Å². The molecule has 0 heterocycles. The number of carbonyl (C=O) groups is 1. The van der Waals surface area contributed by atoms with Crippen LogP contribution in [0.5, 0.6) is 11.5 Å². The van der Waals surface area contributed by atoms with Crippen molar-refractivity contribution < 1.29 is 14.6 Å². The average Bonchev–Trinajstić information content (AvgIpc) is 2.58. The Balaban J connectivity index is 1.95. The Morgan fingerprint density at radius 1 is 1.24 bits per heavy atom. The molecule has 2 rings (SSSR count). The fourth-order valence-corrected chi connectivity index (χ4v) is 2.36. The molecule has 0 saturated heterocycles. The maximum atomic E-state index is 12.1. The number of rotatable bonds is 7. The van der Waals surface area contributed by atoms with Crippen LogP contribution in [-0.4, -0.2) is 30.4 Å². The smallest absolute Gasteiger partial charge is 0.246 e. The van der Waals surface area contributed by atoms with Gasteiger partial charge >= 0.3 is 0 Å². The molecule has 0 unspecified atom stereocenters. The van der Waals surface area contributed by atoms with Crippen molar-refractivity contribution in [1.82, 2.24) is 0 Å². The predicted molar refractivity (Wildman–Crippen MR) is 101 cm³/mol. The number of aliphatic imine (C=N–C) groups is 1. The maximum Gasteiger partial charge on any atom is 0.246 e. The van der Waals surface area contributed by atoms with Crippen LogP contribution in [0.25, 0.3) is 0 Å². The van der Waals surface area contributed by atoms with Gasteiger partial charge in [0, 0.05) is 23.5 Å². The fraction of sp³-hybridized carbons (Fsp3) is 0.300. The van der Waals surface area contributed by atoms with E-state index in [4.69, 9.17) is 4.74 Å². The Morgan fingerprint density at radius 2 is 1.96 bits per heavy atom. The molecule has 0 spiro atoms. The Labute approximate surface area is 148 Å². The summed E-state index contributed by atoms with van der Waals surface area (Å²) < 4.78 is 5.45. The third kappa shape index (κ3) is 5.35. The number of phenols is 1. The number of carbonyl (C=O) groups excluding carboxylic acids is 1. The van der Waals surface area contributed by atoms with Crippen molar-refractivity contribution in [1.29, 1.82) is 0 Å². The van der Waals surface area contributed by atoms with E-state index in [1.54, 1.807) is 18.2 Å². The molecule has 1 amide bonds. The summed E-state index contributed by atoms with van der Waals surface area (Å²) in [7, 11) is 0. The molecule has 2 N–H and O–H groups in total. The van der Waals surface area contributed by atoms with Crippen molar-refractivity contribution in [2.75, 3.05) is 18.5 Å². The first-order chi connectivity index (χ1) is 12.0. The molecule has 5 nitrogen and oxygen atoms in total. The lowest BCUT2D eigenvalue weighted by Gasteiger charge is -2.10. The van der Waals surface area contributed by atoms with E-state index in [1.165, 1.54) is 6.21 Å². The number of anilines is 1. The minimum absolute atomic E-state index is 0.0126. The largest absolute Gasteiger partial charge is 0.507 e. The van der Waals surface area contributed by atoms with Crippen LogP contribution in [-0.2, 0) is 4.79 Å². The van der Waals surface area contributed by atoms with E-state index in [2.05, 4.69) is 10.3 Å². The lowest BCUT2D eigenvalue weighted by atomic mass is 10.1. The van der Waals surface area contributed by atoms with Crippen LogP contribution < -0.4 is 10.1 Å². The molecule has 0 aliphatic rings. The SMILES string of the molecule is CCCOc1ccc(C=NCC(=O)Nc2c(C)cccc2C)c(O)c1. The fourth-order valence-electron chi connectivity index (χ4n) is 2.36. The first-order valence-electron chi connectivity index (χ1n) is 8.33. The van der Waals surface area contributed by atoms with Gasteiger partial charge in [-0.15, -0.1) is 0 Å². The van der Waals surface area contributed by atoms with E-state index >= 15 is 0 Å². The normalized spacial score (nSPS) is 10.8. The highest BCUT2D eigenvalue weighted by atomic mass is 16.5. The van der Waals surface area contributed by atoms with E-state index in [0.29, 0.717) is 17.9 Å². The third-order valence-electron chi connectivity index (χ3n) is 3.69. The zero-order valence-corrected chi connectivity index (χ0v) is 14.9. The van der Waals surface area contributed by atoms with Gasteiger partial charge in [-0.3, -0.25) is 9.79 Å². The van der Waals surface area contributed by atoms with Crippen LogP contribution in [0.3, 0.4) is 0 Å². The van der Waals surface area contributed by atoms with Crippen LogP contribution in [0, 0.1) is 13.8 Å². The number of nitrogens with zero attached hydrogens (tertiary/aromatic N) is 1. The molecule has 0 fully saturated rings. The number of ether oxygens (including phenoxy) is 1. The molecule has 0 aromatic heterocycles. The predicted octanol–water partition coefficient (Wildman–Crippen LogP) is 3.86. The number of aryl methyl sites for hydroxylation is 2. The van der Waals surface area contributed by atoms with Gasteiger partial charge < -0.3 is 15.2 Å². The summed E-state index contributed by atoms with van der Waals surface area (Å²) in [5.74, 6) is 0.493. The van der Waals surface area contributed by atoms with Gasteiger partial charge in [-0.25, -0.2) is 0 Å². The highest BCUT2D eigenvalue weighted by molar-refractivity contribution is 5.95. The van der Waals surface area contributed by atoms with Gasteiger partial charge in [0.1, 0.15) is 18.0 Å². The number of benzene rings is 2. The summed E-state index contributed by atoms with van der Waals surface area (Å²) in [6.07, 6.45) is 2.39. The molecule has 5 heteroatoms. The Hall–Kier alpha value is -2.82. The monoisotopic (exact) mass is 340 g/mol. The van der Waals surface area contributed by atoms with Crippen molar-refractivity contribution in [2.45, 2.75) is 27.2 Å². The van der Waals surface area contributed by atoms with E-state index < -0.39 is 0 Å². The molecule has 2 aromatic carbocycles. The lowest BCUT2D eigenvalue weighted by Crippen LogP contribution is -2.16. The molecular weight excluding hydrogens is 316 g/mol. The lowest BCUT2D eigenvalue weighted by molar-refractivity contribution is -0.114. The van der Waals surface area contributed by atoms with Crippen molar-refractivity contribution in [3.63, 3.8) is 0 Å². The third-order valence-corrected chi connectivity index (χ3v) is 3.69. The number of amides is 1. The summed E-state index contributed by atoms with van der Waals surface area (Å²) >= 11 is 0. The molecule has 2 aromatic rings. The first kappa shape index (κ1) is 18.5. The zero-order valence-electron chi connectivity index (χ0n) is 14.9. The average molecular weight is 340 g/mol. The number of phenolic OH excluding ortho intramolecular Hbond substituents is 1. The molecular formula is C20H24N2O3. The van der Waals surface area contributed by atoms with Gasteiger partial charge in [-0.1, -0.05) is 25.1 Å². The second-order valence-corrected chi connectivity index (χ2v) is 5.85. The second kappa shape index (κ2) is 8.87. The van der Waals surface area contributed by atoms with Gasteiger partial charge in [0.05, 0.1) is 6.61 Å². The number of para-hydroxylation sites is 1. The van der Waals surface area contributed by atoms with Crippen LogP contribution in [0.15, 0.2) is 41.4 Å². The second-order valence-electron chi connectivity index (χ2n) is 5.85. The van der Waals surface area contributed by atoms with Crippen molar-refractivity contribution >= 4 is 17.8 Å². The highest BCUT2D eigenvalue weighted by Gasteiger charge is 2.06. The quantitative estimate of drug-likeness (QED) is 0.752. The Kier molecular flexibility index (Phi) is 6.57. The molecule has 0 saturated carbocycles. The molecule has 0 bridgehead atoms. The van der Waals surface area contributed by atoms with Crippen LogP contribution in [0.2, 0.25) is 0 Å². The Morgan fingerprint density at radius 3 is 2.60 bits per heavy atom. The summed E-state index contributed by atoms with van der Waals surface area (Å²) in [5, 5.41) is 12.9. The molecule has 0 atom stereocenters. The van der Waals surface area contributed by atoms with Gasteiger partial charge in [0.2, 0.25) is 5.91 Å². The molecule has 25 heavy (non-hydrogen) atoms. The first-order valence-corrected chi connectivity index (χ1v) is 8.33. The van der Waals surface area contributed by atoms with E-state index in [0.717, 1.165) is 23.2 Å². The highest BCUT2D eigenvalue weighted by Crippen LogP contribution is 2.22. The standard InChI is InChI=1S/C20H24N2O3/c1-4-10-25-17-9-8-16(18(23)11-17)12-21-13-19(24)22-20-14(2)6-5-7-15(20)3/h5-9,11-12,23H,4,10,13H2,1-3H3,(H,22,24). The number of hydrogen-bond acceptors (Lipinski definition) is 4. The van der Waals surface area contributed by atoms with Crippen molar-refractivity contribution in [3.05, 3.63) is 53.1 Å². The van der Waals surface area contributed by atoms with E-state index in [1.807, 2.05) is 39.0 Å². The minimum Gasteiger partial charge on any atom is -0.507 e.